The van der Waals surface area contributed by atoms with E-state index in [1.54, 1.807) is 12.1 Å². The molecule has 0 saturated carbocycles. The number of nitrogens with one attached hydrogen (secondary N) is 1. The number of halogens is 1. The fourth-order valence-corrected chi connectivity index (χ4v) is 2.18. The van der Waals surface area contributed by atoms with Gasteiger partial charge in [0.05, 0.1) is 23.2 Å². The van der Waals surface area contributed by atoms with E-state index >= 15 is 0 Å². The second kappa shape index (κ2) is 8.80. The molecule has 0 aliphatic rings. The van der Waals surface area contributed by atoms with E-state index in [0.717, 1.165) is 11.3 Å². The van der Waals surface area contributed by atoms with Gasteiger partial charge in [-0.25, -0.2) is 0 Å². The second-order valence-corrected chi connectivity index (χ2v) is 5.47. The first-order valence-corrected chi connectivity index (χ1v) is 7.75. The smallest absolute Gasteiger partial charge is 0.258 e. The topological polar surface area (TPSA) is 71.3 Å². The molecule has 5 nitrogen and oxygen atoms in total. The van der Waals surface area contributed by atoms with Gasteiger partial charge in [0.2, 0.25) is 0 Å². The average Bonchev–Trinajstić information content (AvgIpc) is 2.57. The molecule has 0 spiro atoms. The maximum absolute atomic E-state index is 11.7. The minimum atomic E-state index is -0.275. The van der Waals surface area contributed by atoms with Crippen molar-refractivity contribution in [3.8, 4) is 17.6 Å². The number of aryl methyl sites for hydroxylation is 1. The van der Waals surface area contributed by atoms with E-state index < -0.39 is 0 Å². The van der Waals surface area contributed by atoms with Gasteiger partial charge in [0.25, 0.3) is 5.91 Å². The molecule has 0 heterocycles. The number of nitriles is 1. The normalized spacial score (nSPS) is 9.88. The molecule has 0 aliphatic heterocycles. The van der Waals surface area contributed by atoms with Crippen LogP contribution in [-0.2, 0) is 4.79 Å². The highest BCUT2D eigenvalue weighted by Gasteiger charge is 2.06. The molecule has 0 aromatic heterocycles. The fourth-order valence-electron chi connectivity index (χ4n) is 1.95. The molecule has 0 aliphatic carbocycles. The molecule has 1 N–H and O–H groups in total. The highest BCUT2D eigenvalue weighted by molar-refractivity contribution is 6.32. The molecule has 0 atom stereocenters. The summed E-state index contributed by atoms with van der Waals surface area (Å²) in [7, 11) is 0. The number of nitrogens with zero attached hydrogens (tertiary/aromatic N) is 1. The second-order valence-electron chi connectivity index (χ2n) is 5.06. The van der Waals surface area contributed by atoms with Gasteiger partial charge in [-0.3, -0.25) is 4.79 Å². The molecule has 1 amide bonds. The molecule has 2 rings (SSSR count). The summed E-state index contributed by atoms with van der Waals surface area (Å²) in [6.07, 6.45) is 0. The Bertz CT molecular complexity index is 756. The predicted molar refractivity (Wildman–Crippen MR) is 91.3 cm³/mol. The van der Waals surface area contributed by atoms with Crippen LogP contribution in [0, 0.1) is 18.3 Å². The summed E-state index contributed by atoms with van der Waals surface area (Å²) in [5, 5.41) is 11.8. The molecule has 0 radical (unpaired) electrons. The van der Waals surface area contributed by atoms with Gasteiger partial charge in [-0.2, -0.15) is 5.26 Å². The Morgan fingerprint density at radius 3 is 2.79 bits per heavy atom. The van der Waals surface area contributed by atoms with E-state index in [1.807, 2.05) is 37.3 Å². The van der Waals surface area contributed by atoms with Gasteiger partial charge >= 0.3 is 0 Å². The van der Waals surface area contributed by atoms with Crippen LogP contribution in [-0.4, -0.2) is 25.7 Å². The van der Waals surface area contributed by atoms with Crippen molar-refractivity contribution < 1.29 is 14.3 Å². The molecular formula is C18H17ClN2O3. The Kier molecular flexibility index (Phi) is 6.47. The Morgan fingerprint density at radius 1 is 1.25 bits per heavy atom. The quantitative estimate of drug-likeness (QED) is 0.783. The van der Waals surface area contributed by atoms with E-state index in [0.29, 0.717) is 29.5 Å². The molecular weight excluding hydrogens is 328 g/mol. The highest BCUT2D eigenvalue weighted by Crippen LogP contribution is 2.25. The molecule has 0 bridgehead atoms. The molecule has 0 saturated heterocycles. The third kappa shape index (κ3) is 5.49. The van der Waals surface area contributed by atoms with Crippen LogP contribution >= 0.6 is 11.6 Å². The summed E-state index contributed by atoms with van der Waals surface area (Å²) in [6, 6.07) is 14.3. The first-order chi connectivity index (χ1) is 11.6. The van der Waals surface area contributed by atoms with Gasteiger partial charge in [0.15, 0.2) is 6.61 Å². The number of carbonyl (C=O) groups excluding carboxylic acids is 1. The van der Waals surface area contributed by atoms with Crippen LogP contribution in [0.15, 0.2) is 42.5 Å². The lowest BCUT2D eigenvalue weighted by Crippen LogP contribution is -2.32. The van der Waals surface area contributed by atoms with Crippen LogP contribution in [0.4, 0.5) is 0 Å². The van der Waals surface area contributed by atoms with Crippen LogP contribution in [0.1, 0.15) is 11.1 Å². The number of amides is 1. The van der Waals surface area contributed by atoms with E-state index in [1.165, 1.54) is 6.07 Å². The summed E-state index contributed by atoms with van der Waals surface area (Å²) in [6.45, 7) is 2.57. The van der Waals surface area contributed by atoms with Crippen LogP contribution in [0.25, 0.3) is 0 Å². The van der Waals surface area contributed by atoms with Gasteiger partial charge in [-0.15, -0.1) is 0 Å². The van der Waals surface area contributed by atoms with Crippen molar-refractivity contribution in [2.24, 2.45) is 0 Å². The number of hydrogen-bond acceptors (Lipinski definition) is 4. The van der Waals surface area contributed by atoms with Crippen molar-refractivity contribution in [2.45, 2.75) is 6.92 Å². The molecule has 0 fully saturated rings. The zero-order valence-corrected chi connectivity index (χ0v) is 14.0. The number of ether oxygens (including phenoxy) is 2. The lowest BCUT2D eigenvalue weighted by Gasteiger charge is -2.10. The van der Waals surface area contributed by atoms with E-state index in [4.69, 9.17) is 26.3 Å². The van der Waals surface area contributed by atoms with E-state index in [-0.39, 0.29) is 12.5 Å². The molecule has 24 heavy (non-hydrogen) atoms. The summed E-state index contributed by atoms with van der Waals surface area (Å²) in [5.41, 5.74) is 1.55. The summed E-state index contributed by atoms with van der Waals surface area (Å²) >= 11 is 5.97. The van der Waals surface area contributed by atoms with Crippen molar-refractivity contribution in [1.29, 1.82) is 5.26 Å². The minimum absolute atomic E-state index is 0.157. The number of benzene rings is 2. The number of rotatable bonds is 7. The van der Waals surface area contributed by atoms with Crippen molar-refractivity contribution in [1.82, 2.24) is 5.32 Å². The van der Waals surface area contributed by atoms with Gasteiger partial charge < -0.3 is 14.8 Å². The summed E-state index contributed by atoms with van der Waals surface area (Å²) < 4.78 is 10.9. The predicted octanol–water partition coefficient (Wildman–Crippen LogP) is 3.09. The number of hydrogen-bond donors (Lipinski definition) is 1. The minimum Gasteiger partial charge on any atom is -0.492 e. The third-order valence-corrected chi connectivity index (χ3v) is 3.40. The summed E-state index contributed by atoms with van der Waals surface area (Å²) in [5.74, 6) is 0.856. The fraction of sp³-hybridized carbons (Fsp3) is 0.222. The largest absolute Gasteiger partial charge is 0.492 e. The molecule has 2 aromatic rings. The zero-order chi connectivity index (χ0) is 17.4. The van der Waals surface area contributed by atoms with Crippen LogP contribution in [0.2, 0.25) is 5.02 Å². The average molecular weight is 345 g/mol. The Labute approximate surface area is 145 Å². The van der Waals surface area contributed by atoms with Crippen LogP contribution in [0.5, 0.6) is 11.5 Å². The van der Waals surface area contributed by atoms with Crippen molar-refractivity contribution >= 4 is 17.5 Å². The standard InChI is InChI=1S/C18H17ClN2O3/c1-13-3-2-4-15(9-13)23-8-7-21-18(22)12-24-17-6-5-14(11-20)10-16(17)19/h2-6,9-10H,7-8,12H2,1H3,(H,21,22). The van der Waals surface area contributed by atoms with Gasteiger partial charge in [-0.05, 0) is 42.8 Å². The van der Waals surface area contributed by atoms with Gasteiger partial charge in [0, 0.05) is 0 Å². The monoisotopic (exact) mass is 344 g/mol. The first-order valence-electron chi connectivity index (χ1n) is 7.37. The Balaban J connectivity index is 1.69. The Morgan fingerprint density at radius 2 is 2.08 bits per heavy atom. The van der Waals surface area contributed by atoms with E-state index in [9.17, 15) is 4.79 Å². The first kappa shape index (κ1) is 17.6. The van der Waals surface area contributed by atoms with Crippen molar-refractivity contribution in [3.05, 3.63) is 58.6 Å². The molecule has 0 unspecified atom stereocenters. The van der Waals surface area contributed by atoms with Gasteiger partial charge in [-0.1, -0.05) is 23.7 Å². The molecule has 6 heteroatoms. The van der Waals surface area contributed by atoms with Crippen LogP contribution in [0.3, 0.4) is 0 Å². The SMILES string of the molecule is Cc1cccc(OCCNC(=O)COc2ccc(C#N)cc2Cl)c1. The van der Waals surface area contributed by atoms with Crippen molar-refractivity contribution in [3.63, 3.8) is 0 Å². The number of carbonyl (C=O) groups is 1. The summed E-state index contributed by atoms with van der Waals surface area (Å²) in [4.78, 5) is 11.7. The van der Waals surface area contributed by atoms with Crippen molar-refractivity contribution in [2.75, 3.05) is 19.8 Å². The lowest BCUT2D eigenvalue weighted by molar-refractivity contribution is -0.123. The maximum atomic E-state index is 11.7. The van der Waals surface area contributed by atoms with Crippen LogP contribution < -0.4 is 14.8 Å². The molecule has 124 valence electrons. The zero-order valence-electron chi connectivity index (χ0n) is 13.2. The maximum Gasteiger partial charge on any atom is 0.258 e. The van der Waals surface area contributed by atoms with Gasteiger partial charge in [0.1, 0.15) is 18.1 Å². The highest BCUT2D eigenvalue weighted by atomic mass is 35.5. The molecule has 2 aromatic carbocycles. The van der Waals surface area contributed by atoms with E-state index in [2.05, 4.69) is 5.32 Å². The third-order valence-electron chi connectivity index (χ3n) is 3.10. The Hall–Kier alpha value is -2.71. The lowest BCUT2D eigenvalue weighted by atomic mass is 10.2.